The van der Waals surface area contributed by atoms with Crippen LogP contribution < -0.4 is 0 Å². The average molecular weight is 255 g/mol. The van der Waals surface area contributed by atoms with Crippen LogP contribution in [0, 0.1) is 11.8 Å². The molecule has 0 aliphatic carbocycles. The Hall–Kier alpha value is -1.06. The SMILES string of the molecule is CCOC(=O)[C@@H]1CCCN1C(=O)[C@@H](C)[C@@H](C)CC. The zero-order chi connectivity index (χ0) is 13.7. The van der Waals surface area contributed by atoms with Crippen molar-refractivity contribution in [3.8, 4) is 0 Å². The van der Waals surface area contributed by atoms with Crippen molar-refractivity contribution in [2.45, 2.75) is 53.0 Å². The molecule has 0 N–H and O–H groups in total. The molecule has 1 saturated heterocycles. The minimum atomic E-state index is -0.357. The lowest BCUT2D eigenvalue weighted by molar-refractivity contribution is -0.154. The van der Waals surface area contributed by atoms with Crippen LogP contribution in [-0.4, -0.2) is 36.0 Å². The normalized spacial score (nSPS) is 22.7. The molecule has 1 rings (SSSR count). The van der Waals surface area contributed by atoms with E-state index in [0.717, 1.165) is 19.3 Å². The Morgan fingerprint density at radius 2 is 2.00 bits per heavy atom. The van der Waals surface area contributed by atoms with Crippen molar-refractivity contribution in [2.24, 2.45) is 11.8 Å². The average Bonchev–Trinajstić information content (AvgIpc) is 2.85. The minimum absolute atomic E-state index is 0.0231. The van der Waals surface area contributed by atoms with E-state index < -0.39 is 0 Å². The largest absolute Gasteiger partial charge is 0.464 e. The van der Waals surface area contributed by atoms with E-state index in [1.165, 1.54) is 0 Å². The Morgan fingerprint density at radius 3 is 2.56 bits per heavy atom. The molecule has 4 heteroatoms. The highest BCUT2D eigenvalue weighted by atomic mass is 16.5. The molecule has 1 heterocycles. The van der Waals surface area contributed by atoms with Crippen LogP contribution >= 0.6 is 0 Å². The van der Waals surface area contributed by atoms with Crippen LogP contribution in [0.3, 0.4) is 0 Å². The van der Waals surface area contributed by atoms with Gasteiger partial charge in [-0.3, -0.25) is 4.79 Å². The topological polar surface area (TPSA) is 46.6 Å². The molecule has 0 aromatic rings. The van der Waals surface area contributed by atoms with Gasteiger partial charge in [-0.2, -0.15) is 0 Å². The van der Waals surface area contributed by atoms with Gasteiger partial charge >= 0.3 is 5.97 Å². The molecule has 3 atom stereocenters. The monoisotopic (exact) mass is 255 g/mol. The molecule has 0 aromatic heterocycles. The lowest BCUT2D eigenvalue weighted by Crippen LogP contribution is -2.44. The molecule has 1 fully saturated rings. The summed E-state index contributed by atoms with van der Waals surface area (Å²) in [4.78, 5) is 25.9. The summed E-state index contributed by atoms with van der Waals surface area (Å²) >= 11 is 0. The zero-order valence-corrected chi connectivity index (χ0v) is 11.9. The Kier molecular flexibility index (Phi) is 5.63. The van der Waals surface area contributed by atoms with Crippen LogP contribution in [0.1, 0.15) is 47.0 Å². The summed E-state index contributed by atoms with van der Waals surface area (Å²) in [6.07, 6.45) is 2.60. The van der Waals surface area contributed by atoms with E-state index in [9.17, 15) is 9.59 Å². The maximum Gasteiger partial charge on any atom is 0.328 e. The van der Waals surface area contributed by atoms with Crippen molar-refractivity contribution < 1.29 is 14.3 Å². The van der Waals surface area contributed by atoms with Crippen LogP contribution in [0.4, 0.5) is 0 Å². The number of carbonyl (C=O) groups is 2. The van der Waals surface area contributed by atoms with Gasteiger partial charge in [-0.15, -0.1) is 0 Å². The third-order valence-electron chi connectivity index (χ3n) is 3.98. The van der Waals surface area contributed by atoms with E-state index in [0.29, 0.717) is 19.1 Å². The molecular formula is C14H25NO3. The molecule has 0 saturated carbocycles. The number of carbonyl (C=O) groups excluding carboxylic acids is 2. The molecule has 104 valence electrons. The van der Waals surface area contributed by atoms with E-state index >= 15 is 0 Å². The second kappa shape index (κ2) is 6.76. The van der Waals surface area contributed by atoms with Crippen LogP contribution in [0.15, 0.2) is 0 Å². The van der Waals surface area contributed by atoms with Gasteiger partial charge in [-0.05, 0) is 25.7 Å². The summed E-state index contributed by atoms with van der Waals surface area (Å²) in [7, 11) is 0. The Balaban J connectivity index is 2.69. The van der Waals surface area contributed by atoms with Gasteiger partial charge in [-0.25, -0.2) is 4.79 Å². The van der Waals surface area contributed by atoms with E-state index in [-0.39, 0.29) is 23.8 Å². The highest BCUT2D eigenvalue weighted by Gasteiger charge is 2.37. The van der Waals surface area contributed by atoms with E-state index in [2.05, 4.69) is 13.8 Å². The third-order valence-corrected chi connectivity index (χ3v) is 3.98. The highest BCUT2D eigenvalue weighted by Crippen LogP contribution is 2.24. The lowest BCUT2D eigenvalue weighted by Gasteiger charge is -2.28. The number of hydrogen-bond acceptors (Lipinski definition) is 3. The molecule has 1 aliphatic rings. The van der Waals surface area contributed by atoms with Crippen molar-refractivity contribution in [3.05, 3.63) is 0 Å². The summed E-state index contributed by atoms with van der Waals surface area (Å²) in [6, 6.07) is -0.357. The van der Waals surface area contributed by atoms with Crippen molar-refractivity contribution in [1.82, 2.24) is 4.90 Å². The van der Waals surface area contributed by atoms with Gasteiger partial charge in [0.15, 0.2) is 0 Å². The quantitative estimate of drug-likeness (QED) is 0.708. The Morgan fingerprint density at radius 1 is 1.33 bits per heavy atom. The van der Waals surface area contributed by atoms with Crippen LogP contribution in [-0.2, 0) is 14.3 Å². The number of hydrogen-bond donors (Lipinski definition) is 0. The zero-order valence-electron chi connectivity index (χ0n) is 11.9. The van der Waals surface area contributed by atoms with Gasteiger partial charge in [0.25, 0.3) is 0 Å². The third kappa shape index (κ3) is 3.24. The van der Waals surface area contributed by atoms with Crippen molar-refractivity contribution >= 4 is 11.9 Å². The highest BCUT2D eigenvalue weighted by molar-refractivity contribution is 5.86. The molecule has 1 aliphatic heterocycles. The number of esters is 1. The van der Waals surface area contributed by atoms with Crippen LogP contribution in [0.25, 0.3) is 0 Å². The summed E-state index contributed by atoms with van der Waals surface area (Å²) in [5.41, 5.74) is 0. The van der Waals surface area contributed by atoms with Gasteiger partial charge in [0, 0.05) is 12.5 Å². The van der Waals surface area contributed by atoms with Crippen molar-refractivity contribution in [3.63, 3.8) is 0 Å². The van der Waals surface area contributed by atoms with E-state index in [1.54, 1.807) is 11.8 Å². The first kappa shape index (κ1) is 15.0. The number of ether oxygens (including phenoxy) is 1. The minimum Gasteiger partial charge on any atom is -0.464 e. The molecule has 1 amide bonds. The first-order valence-electron chi connectivity index (χ1n) is 7.00. The fourth-order valence-corrected chi connectivity index (χ4v) is 2.37. The fraction of sp³-hybridized carbons (Fsp3) is 0.857. The Labute approximate surface area is 110 Å². The number of amides is 1. The van der Waals surface area contributed by atoms with Gasteiger partial charge in [0.1, 0.15) is 6.04 Å². The summed E-state index contributed by atoms with van der Waals surface area (Å²) < 4.78 is 5.04. The van der Waals surface area contributed by atoms with Gasteiger partial charge in [0.05, 0.1) is 6.61 Å². The molecule has 0 spiro atoms. The summed E-state index contributed by atoms with van der Waals surface area (Å²) in [5, 5.41) is 0. The lowest BCUT2D eigenvalue weighted by atomic mass is 9.92. The second-order valence-electron chi connectivity index (χ2n) is 5.12. The van der Waals surface area contributed by atoms with Gasteiger partial charge in [0.2, 0.25) is 5.91 Å². The van der Waals surface area contributed by atoms with Gasteiger partial charge in [-0.1, -0.05) is 27.2 Å². The predicted octanol–water partition coefficient (Wildman–Crippen LogP) is 2.22. The van der Waals surface area contributed by atoms with Gasteiger partial charge < -0.3 is 9.64 Å². The predicted molar refractivity (Wildman–Crippen MR) is 70.0 cm³/mol. The molecule has 4 nitrogen and oxygen atoms in total. The Bertz CT molecular complexity index is 303. The number of rotatable bonds is 5. The molecule has 18 heavy (non-hydrogen) atoms. The maximum absolute atomic E-state index is 12.4. The maximum atomic E-state index is 12.4. The summed E-state index contributed by atoms with van der Waals surface area (Å²) in [5.74, 6) is 0.172. The number of nitrogens with zero attached hydrogens (tertiary/aromatic N) is 1. The van der Waals surface area contributed by atoms with Crippen LogP contribution in [0.2, 0.25) is 0 Å². The number of likely N-dealkylation sites (tertiary alicyclic amines) is 1. The first-order chi connectivity index (χ1) is 8.52. The smallest absolute Gasteiger partial charge is 0.328 e. The fourth-order valence-electron chi connectivity index (χ4n) is 2.37. The van der Waals surface area contributed by atoms with E-state index in [1.807, 2.05) is 6.92 Å². The molecular weight excluding hydrogens is 230 g/mol. The molecule has 0 bridgehead atoms. The molecule has 0 radical (unpaired) electrons. The standard InChI is InChI=1S/C14H25NO3/c1-5-10(3)11(4)13(16)15-9-7-8-12(15)14(17)18-6-2/h10-12H,5-9H2,1-4H3/t10-,11-,12-/m0/s1. The van der Waals surface area contributed by atoms with Crippen molar-refractivity contribution in [2.75, 3.05) is 13.2 Å². The second-order valence-corrected chi connectivity index (χ2v) is 5.12. The summed E-state index contributed by atoms with van der Waals surface area (Å²) in [6.45, 7) is 8.97. The van der Waals surface area contributed by atoms with Crippen molar-refractivity contribution in [1.29, 1.82) is 0 Å². The first-order valence-corrected chi connectivity index (χ1v) is 7.00. The van der Waals surface area contributed by atoms with E-state index in [4.69, 9.17) is 4.74 Å². The molecule has 0 unspecified atom stereocenters. The molecule has 0 aromatic carbocycles. The van der Waals surface area contributed by atoms with Crippen LogP contribution in [0.5, 0.6) is 0 Å².